The molecular weight excluding hydrogens is 431 g/mol. The number of H-pyrrole nitrogens is 1. The van der Waals surface area contributed by atoms with Gasteiger partial charge in [-0.25, -0.2) is 14.4 Å². The molecule has 34 heavy (non-hydrogen) atoms. The van der Waals surface area contributed by atoms with Crippen molar-refractivity contribution in [3.8, 4) is 28.3 Å². The van der Waals surface area contributed by atoms with Crippen LogP contribution >= 0.6 is 0 Å². The first-order chi connectivity index (χ1) is 16.5. The lowest BCUT2D eigenvalue weighted by Gasteiger charge is -2.10. The molecule has 5 aromatic rings. The van der Waals surface area contributed by atoms with Crippen LogP contribution in [0.2, 0.25) is 0 Å². The molecule has 0 spiro atoms. The van der Waals surface area contributed by atoms with Gasteiger partial charge >= 0.3 is 0 Å². The van der Waals surface area contributed by atoms with Crippen LogP contribution in [0.4, 0.5) is 4.39 Å². The summed E-state index contributed by atoms with van der Waals surface area (Å²) in [4.78, 5) is 24.0. The average molecular weight is 452 g/mol. The Balaban J connectivity index is 1.50. The van der Waals surface area contributed by atoms with Gasteiger partial charge in [-0.05, 0) is 59.2 Å². The smallest absolute Gasteiger partial charge is 0.248 e. The summed E-state index contributed by atoms with van der Waals surface area (Å²) in [6, 6.07) is 21.4. The van der Waals surface area contributed by atoms with E-state index in [2.05, 4.69) is 15.0 Å². The first-order valence-corrected chi connectivity index (χ1v) is 10.7. The van der Waals surface area contributed by atoms with Crippen LogP contribution in [-0.4, -0.2) is 28.0 Å². The van der Waals surface area contributed by atoms with Crippen molar-refractivity contribution in [2.75, 3.05) is 7.11 Å². The van der Waals surface area contributed by atoms with E-state index >= 15 is 4.39 Å². The Morgan fingerprint density at radius 3 is 2.50 bits per heavy atom. The minimum atomic E-state index is -0.529. The number of nitrogens with zero attached hydrogens (tertiary/aromatic N) is 2. The number of amides is 1. The number of hydrogen-bond acceptors (Lipinski definition) is 4. The van der Waals surface area contributed by atoms with Crippen LogP contribution in [0.25, 0.3) is 33.7 Å². The van der Waals surface area contributed by atoms with Gasteiger partial charge in [-0.2, -0.15) is 0 Å². The molecule has 0 bridgehead atoms. The number of pyridine rings is 1. The van der Waals surface area contributed by atoms with E-state index < -0.39 is 5.91 Å². The molecule has 0 unspecified atom stereocenters. The summed E-state index contributed by atoms with van der Waals surface area (Å²) >= 11 is 0. The SMILES string of the molecule is COc1ccc(-c2nc3nccc(-c4ccc(Cc5ccccc5C(N)=O)c(F)c4)c3[nH]2)cc1. The second-order valence-corrected chi connectivity index (χ2v) is 7.88. The van der Waals surface area contributed by atoms with Crippen molar-refractivity contribution < 1.29 is 13.9 Å². The van der Waals surface area contributed by atoms with E-state index in [0.717, 1.165) is 22.4 Å². The standard InChI is InChI=1S/C27H21FN4O2/c1-34-20-10-8-16(9-11-20)26-31-24-21(12-13-30-27(24)32-26)18-6-7-19(23(28)15-18)14-17-4-2-3-5-22(17)25(29)33/h2-13,15H,14H2,1H3,(H2,29,33)(H,30,31,32). The zero-order valence-corrected chi connectivity index (χ0v) is 18.4. The van der Waals surface area contributed by atoms with E-state index in [0.29, 0.717) is 33.7 Å². The van der Waals surface area contributed by atoms with Crippen LogP contribution in [0.3, 0.4) is 0 Å². The van der Waals surface area contributed by atoms with E-state index in [-0.39, 0.29) is 12.2 Å². The van der Waals surface area contributed by atoms with Crippen molar-refractivity contribution in [1.29, 1.82) is 0 Å². The predicted molar refractivity (Wildman–Crippen MR) is 129 cm³/mol. The zero-order chi connectivity index (χ0) is 23.7. The Bertz CT molecular complexity index is 1510. The highest BCUT2D eigenvalue weighted by molar-refractivity contribution is 5.94. The Hall–Kier alpha value is -4.52. The van der Waals surface area contributed by atoms with Crippen LogP contribution in [0.15, 0.2) is 79.0 Å². The van der Waals surface area contributed by atoms with E-state index in [1.807, 2.05) is 36.4 Å². The number of rotatable bonds is 6. The number of imidazole rings is 1. The molecule has 6 nitrogen and oxygen atoms in total. The fourth-order valence-electron chi connectivity index (χ4n) is 4.02. The lowest BCUT2D eigenvalue weighted by atomic mass is 9.97. The lowest BCUT2D eigenvalue weighted by Crippen LogP contribution is -2.14. The molecule has 5 rings (SSSR count). The van der Waals surface area contributed by atoms with Gasteiger partial charge in [-0.15, -0.1) is 0 Å². The average Bonchev–Trinajstić information content (AvgIpc) is 3.30. The number of methoxy groups -OCH3 is 1. The zero-order valence-electron chi connectivity index (χ0n) is 18.4. The quantitative estimate of drug-likeness (QED) is 0.373. The van der Waals surface area contributed by atoms with Crippen molar-refractivity contribution in [2.45, 2.75) is 6.42 Å². The molecule has 7 heteroatoms. The second-order valence-electron chi connectivity index (χ2n) is 7.88. The number of hydrogen-bond donors (Lipinski definition) is 2. The third-order valence-corrected chi connectivity index (χ3v) is 5.78. The van der Waals surface area contributed by atoms with Gasteiger partial charge in [0.2, 0.25) is 5.91 Å². The Morgan fingerprint density at radius 1 is 1.00 bits per heavy atom. The van der Waals surface area contributed by atoms with E-state index in [9.17, 15) is 4.79 Å². The number of nitrogens with two attached hydrogens (primary N) is 1. The molecule has 0 atom stereocenters. The van der Waals surface area contributed by atoms with Crippen LogP contribution in [0.1, 0.15) is 21.5 Å². The first-order valence-electron chi connectivity index (χ1n) is 10.7. The van der Waals surface area contributed by atoms with Crippen LogP contribution in [-0.2, 0) is 6.42 Å². The van der Waals surface area contributed by atoms with Crippen molar-refractivity contribution in [2.24, 2.45) is 5.73 Å². The van der Waals surface area contributed by atoms with Gasteiger partial charge in [0.05, 0.1) is 12.6 Å². The molecule has 1 amide bonds. The van der Waals surface area contributed by atoms with Crippen molar-refractivity contribution in [3.05, 3.63) is 102 Å². The number of benzene rings is 3. The summed E-state index contributed by atoms with van der Waals surface area (Å²) in [5.41, 5.74) is 10.7. The van der Waals surface area contributed by atoms with Gasteiger partial charge in [0.1, 0.15) is 17.4 Å². The summed E-state index contributed by atoms with van der Waals surface area (Å²) in [6.07, 6.45) is 1.92. The molecule has 0 aliphatic rings. The number of ether oxygens (including phenoxy) is 1. The number of aromatic amines is 1. The number of nitrogens with one attached hydrogen (secondary N) is 1. The molecule has 3 aromatic carbocycles. The van der Waals surface area contributed by atoms with E-state index in [4.69, 9.17) is 10.5 Å². The first kappa shape index (κ1) is 21.3. The van der Waals surface area contributed by atoms with Crippen molar-refractivity contribution in [3.63, 3.8) is 0 Å². The van der Waals surface area contributed by atoms with E-state index in [1.165, 1.54) is 6.07 Å². The molecular formula is C27H21FN4O2. The van der Waals surface area contributed by atoms with Crippen molar-refractivity contribution >= 4 is 17.1 Å². The van der Waals surface area contributed by atoms with Gasteiger partial charge in [0.25, 0.3) is 0 Å². The van der Waals surface area contributed by atoms with Gasteiger partial charge < -0.3 is 15.5 Å². The summed E-state index contributed by atoms with van der Waals surface area (Å²) in [7, 11) is 1.62. The third kappa shape index (κ3) is 3.99. The molecule has 0 saturated heterocycles. The third-order valence-electron chi connectivity index (χ3n) is 5.78. The number of halogens is 1. The normalized spacial score (nSPS) is 11.0. The molecule has 0 aliphatic carbocycles. The number of carbonyl (C=O) groups excluding carboxylic acids is 1. The number of aromatic nitrogens is 3. The Labute approximate surface area is 195 Å². The molecule has 168 valence electrons. The van der Waals surface area contributed by atoms with Crippen molar-refractivity contribution in [1.82, 2.24) is 15.0 Å². The summed E-state index contributed by atoms with van der Waals surface area (Å²) in [5, 5.41) is 0. The summed E-state index contributed by atoms with van der Waals surface area (Å²) in [6.45, 7) is 0. The monoisotopic (exact) mass is 452 g/mol. The van der Waals surface area contributed by atoms with Gasteiger partial charge in [0, 0.05) is 29.3 Å². The van der Waals surface area contributed by atoms with E-state index in [1.54, 1.807) is 43.6 Å². The fraction of sp³-hybridized carbons (Fsp3) is 0.0741. The molecule has 0 aliphatic heterocycles. The summed E-state index contributed by atoms with van der Waals surface area (Å²) < 4.78 is 20.3. The van der Waals surface area contributed by atoms with Gasteiger partial charge in [0.15, 0.2) is 5.65 Å². The highest BCUT2D eigenvalue weighted by Crippen LogP contribution is 2.30. The minimum absolute atomic E-state index is 0.267. The van der Waals surface area contributed by atoms with Gasteiger partial charge in [-0.3, -0.25) is 4.79 Å². The molecule has 0 radical (unpaired) electrons. The Kier molecular flexibility index (Phi) is 5.51. The number of primary amides is 1. The highest BCUT2D eigenvalue weighted by atomic mass is 19.1. The predicted octanol–water partition coefficient (Wildman–Crippen LogP) is 5.13. The molecule has 2 aromatic heterocycles. The second kappa shape index (κ2) is 8.78. The maximum absolute atomic E-state index is 15.1. The van der Waals surface area contributed by atoms with Gasteiger partial charge in [-0.1, -0.05) is 30.3 Å². The Morgan fingerprint density at radius 2 is 1.76 bits per heavy atom. The largest absolute Gasteiger partial charge is 0.497 e. The molecule has 0 saturated carbocycles. The minimum Gasteiger partial charge on any atom is -0.497 e. The number of fused-ring (bicyclic) bond motifs is 1. The topological polar surface area (TPSA) is 93.9 Å². The van der Waals surface area contributed by atoms with Crippen LogP contribution < -0.4 is 10.5 Å². The molecule has 0 fully saturated rings. The highest BCUT2D eigenvalue weighted by Gasteiger charge is 2.15. The fourth-order valence-corrected chi connectivity index (χ4v) is 4.02. The van der Waals surface area contributed by atoms with Crippen LogP contribution in [0.5, 0.6) is 5.75 Å². The van der Waals surface area contributed by atoms with Crippen LogP contribution in [0, 0.1) is 5.82 Å². The molecule has 2 heterocycles. The molecule has 3 N–H and O–H groups in total. The lowest BCUT2D eigenvalue weighted by molar-refractivity contribution is 0.0999. The summed E-state index contributed by atoms with van der Waals surface area (Å²) in [5.74, 6) is 0.529. The maximum Gasteiger partial charge on any atom is 0.248 e. The maximum atomic E-state index is 15.1. The number of carbonyl (C=O) groups is 1.